The van der Waals surface area contributed by atoms with Gasteiger partial charge in [0.15, 0.2) is 0 Å². The van der Waals surface area contributed by atoms with Crippen molar-refractivity contribution in [2.45, 2.75) is 12.5 Å². The highest BCUT2D eigenvalue weighted by atomic mass is 16.4. The maximum absolute atomic E-state index is 9.85. The molecule has 16 heavy (non-hydrogen) atoms. The Morgan fingerprint density at radius 2 is 1.69 bits per heavy atom. The van der Waals surface area contributed by atoms with E-state index in [-0.39, 0.29) is 0 Å². The minimum atomic E-state index is -1.29. The molecule has 0 fully saturated rings. The molecule has 0 aliphatic carbocycles. The zero-order chi connectivity index (χ0) is 12.6. The molecule has 0 saturated carbocycles. The molecule has 6 heteroatoms. The predicted octanol–water partition coefficient (Wildman–Crippen LogP) is 0.265. The Morgan fingerprint density at radius 3 is 1.88 bits per heavy atom. The lowest BCUT2D eigenvalue weighted by Gasteiger charge is -1.99. The van der Waals surface area contributed by atoms with E-state index >= 15 is 0 Å². The fourth-order valence-electron chi connectivity index (χ4n) is 0.703. The lowest BCUT2D eigenvalue weighted by atomic mass is 10.2. The lowest BCUT2D eigenvalue weighted by molar-refractivity contribution is -0.144. The Bertz CT molecular complexity index is 338. The molecule has 1 aromatic rings. The topological polar surface area (TPSA) is 121 Å². The highest BCUT2D eigenvalue weighted by Gasteiger charge is 2.14. The summed E-state index contributed by atoms with van der Waals surface area (Å²) < 4.78 is 0. The number of hydrogen-bond donors (Lipinski definition) is 4. The molecule has 0 bridgehead atoms. The van der Waals surface area contributed by atoms with Crippen molar-refractivity contribution in [2.75, 3.05) is 0 Å². The van der Waals surface area contributed by atoms with Gasteiger partial charge < -0.3 is 21.1 Å². The molecule has 0 spiro atoms. The van der Waals surface area contributed by atoms with Crippen molar-refractivity contribution >= 4 is 11.9 Å². The van der Waals surface area contributed by atoms with Gasteiger partial charge in [0.05, 0.1) is 6.42 Å². The first-order chi connectivity index (χ1) is 7.43. The number of phenols is 1. The summed E-state index contributed by atoms with van der Waals surface area (Å²) in [6, 6.07) is 7.42. The summed E-state index contributed by atoms with van der Waals surface area (Å²) in [5, 5.41) is 24.7. The second-order valence-corrected chi connectivity index (χ2v) is 2.88. The molecule has 1 rings (SSSR count). The van der Waals surface area contributed by atoms with Crippen molar-refractivity contribution in [1.29, 1.82) is 0 Å². The van der Waals surface area contributed by atoms with Crippen LogP contribution >= 0.6 is 0 Å². The Morgan fingerprint density at radius 1 is 1.19 bits per heavy atom. The molecule has 0 aliphatic heterocycles. The summed E-state index contributed by atoms with van der Waals surface area (Å²) in [4.78, 5) is 19.6. The molecule has 0 aliphatic rings. The van der Waals surface area contributed by atoms with Gasteiger partial charge in [0.1, 0.15) is 11.8 Å². The Kier molecular flexibility index (Phi) is 6.30. The van der Waals surface area contributed by atoms with Crippen LogP contribution < -0.4 is 5.73 Å². The number of hydrogen-bond acceptors (Lipinski definition) is 4. The van der Waals surface area contributed by atoms with E-state index in [9.17, 15) is 9.59 Å². The van der Waals surface area contributed by atoms with Crippen LogP contribution in [0.3, 0.4) is 0 Å². The van der Waals surface area contributed by atoms with Crippen molar-refractivity contribution < 1.29 is 24.9 Å². The van der Waals surface area contributed by atoms with E-state index in [1.807, 2.05) is 6.07 Å². The third-order valence-electron chi connectivity index (χ3n) is 1.47. The smallest absolute Gasteiger partial charge is 0.321 e. The highest BCUT2D eigenvalue weighted by molar-refractivity contribution is 5.80. The van der Waals surface area contributed by atoms with E-state index in [1.54, 1.807) is 24.3 Å². The Labute approximate surface area is 91.9 Å². The first-order valence-corrected chi connectivity index (χ1v) is 4.37. The number of aliphatic carboxylic acids is 2. The summed E-state index contributed by atoms with van der Waals surface area (Å²) in [7, 11) is 0. The van der Waals surface area contributed by atoms with Crippen LogP contribution in [0.2, 0.25) is 0 Å². The molecule has 0 heterocycles. The normalized spacial score (nSPS) is 10.8. The minimum absolute atomic E-state index is 0.322. The van der Waals surface area contributed by atoms with Gasteiger partial charge >= 0.3 is 11.9 Å². The number of aromatic hydroxyl groups is 1. The van der Waals surface area contributed by atoms with Gasteiger partial charge in [0.25, 0.3) is 0 Å². The monoisotopic (exact) mass is 227 g/mol. The quantitative estimate of drug-likeness (QED) is 0.588. The van der Waals surface area contributed by atoms with Crippen LogP contribution in [0.4, 0.5) is 0 Å². The van der Waals surface area contributed by atoms with Crippen LogP contribution in [-0.4, -0.2) is 33.3 Å². The van der Waals surface area contributed by atoms with Crippen molar-refractivity contribution in [3.05, 3.63) is 30.3 Å². The van der Waals surface area contributed by atoms with Crippen molar-refractivity contribution in [3.8, 4) is 5.75 Å². The second-order valence-electron chi connectivity index (χ2n) is 2.88. The van der Waals surface area contributed by atoms with Gasteiger partial charge in [0, 0.05) is 0 Å². The first kappa shape index (κ1) is 13.9. The Balaban J connectivity index is 0.000000288. The third-order valence-corrected chi connectivity index (χ3v) is 1.47. The molecule has 1 aromatic carbocycles. The van der Waals surface area contributed by atoms with Crippen LogP contribution in [0.15, 0.2) is 30.3 Å². The van der Waals surface area contributed by atoms with Crippen LogP contribution in [0.5, 0.6) is 5.75 Å². The average Bonchev–Trinajstić information content (AvgIpc) is 2.18. The number of nitrogens with two attached hydrogens (primary N) is 1. The van der Waals surface area contributed by atoms with Crippen LogP contribution in [0.1, 0.15) is 6.42 Å². The van der Waals surface area contributed by atoms with Crippen molar-refractivity contribution in [1.82, 2.24) is 0 Å². The first-order valence-electron chi connectivity index (χ1n) is 4.37. The Hall–Kier alpha value is -2.08. The number of carboxylic acid groups (broad SMARTS) is 2. The van der Waals surface area contributed by atoms with Gasteiger partial charge in [-0.15, -0.1) is 0 Å². The summed E-state index contributed by atoms with van der Waals surface area (Å²) in [5.74, 6) is -2.18. The fourth-order valence-corrected chi connectivity index (χ4v) is 0.703. The predicted molar refractivity (Wildman–Crippen MR) is 56.0 cm³/mol. The number of para-hydroxylation sites is 1. The molecule has 0 saturated heterocycles. The molecule has 0 amide bonds. The minimum Gasteiger partial charge on any atom is -0.508 e. The molecular weight excluding hydrogens is 214 g/mol. The van der Waals surface area contributed by atoms with E-state index in [0.29, 0.717) is 5.75 Å². The van der Waals surface area contributed by atoms with Crippen LogP contribution in [0.25, 0.3) is 0 Å². The molecule has 0 radical (unpaired) electrons. The zero-order valence-corrected chi connectivity index (χ0v) is 8.41. The summed E-state index contributed by atoms with van der Waals surface area (Å²) in [6.07, 6.45) is -0.532. The zero-order valence-electron chi connectivity index (χ0n) is 8.41. The molecule has 0 aromatic heterocycles. The molecule has 6 nitrogen and oxygen atoms in total. The molecule has 1 atom stereocenters. The van der Waals surface area contributed by atoms with E-state index < -0.39 is 24.4 Å². The number of benzene rings is 1. The number of carbonyl (C=O) groups is 2. The van der Waals surface area contributed by atoms with Crippen LogP contribution in [0, 0.1) is 0 Å². The molecule has 0 unspecified atom stereocenters. The van der Waals surface area contributed by atoms with Gasteiger partial charge in [-0.05, 0) is 12.1 Å². The molecule has 5 N–H and O–H groups in total. The highest BCUT2D eigenvalue weighted by Crippen LogP contribution is 2.02. The van der Waals surface area contributed by atoms with Crippen molar-refractivity contribution in [2.24, 2.45) is 5.73 Å². The average molecular weight is 227 g/mol. The number of carboxylic acids is 2. The van der Waals surface area contributed by atoms with Crippen LogP contribution in [-0.2, 0) is 9.59 Å². The van der Waals surface area contributed by atoms with E-state index in [0.717, 1.165) is 0 Å². The molecular formula is C10H13NO5. The summed E-state index contributed by atoms with van der Waals surface area (Å²) in [5.41, 5.74) is 4.84. The van der Waals surface area contributed by atoms with Gasteiger partial charge in [-0.25, -0.2) is 0 Å². The number of phenolic OH excluding ortho intramolecular Hbond substituents is 1. The summed E-state index contributed by atoms with van der Waals surface area (Å²) in [6.45, 7) is 0. The van der Waals surface area contributed by atoms with Gasteiger partial charge in [-0.1, -0.05) is 18.2 Å². The third kappa shape index (κ3) is 7.34. The second kappa shape index (κ2) is 7.24. The molecule has 88 valence electrons. The largest absolute Gasteiger partial charge is 0.508 e. The SMILES string of the molecule is N[C@@H](CC(=O)O)C(=O)O.Oc1ccccc1. The fraction of sp³-hybridized carbons (Fsp3) is 0.200. The van der Waals surface area contributed by atoms with Gasteiger partial charge in [0.2, 0.25) is 0 Å². The van der Waals surface area contributed by atoms with E-state index in [1.165, 1.54) is 0 Å². The van der Waals surface area contributed by atoms with Crippen molar-refractivity contribution in [3.63, 3.8) is 0 Å². The summed E-state index contributed by atoms with van der Waals surface area (Å²) >= 11 is 0. The van der Waals surface area contributed by atoms with Gasteiger partial charge in [-0.2, -0.15) is 0 Å². The van der Waals surface area contributed by atoms with E-state index in [2.05, 4.69) is 0 Å². The van der Waals surface area contributed by atoms with E-state index in [4.69, 9.17) is 21.1 Å². The number of rotatable bonds is 3. The lowest BCUT2D eigenvalue weighted by Crippen LogP contribution is -2.32. The maximum Gasteiger partial charge on any atom is 0.321 e. The maximum atomic E-state index is 9.85. The standard InChI is InChI=1S/C6H6O.C4H7NO4/c7-6-4-2-1-3-5-6;5-2(4(8)9)1-3(6)7/h1-5,7H;2H,1,5H2,(H,6,7)(H,8,9)/t;2-/m.0/s1. The van der Waals surface area contributed by atoms with Gasteiger partial charge in [-0.3, -0.25) is 9.59 Å².